The van der Waals surface area contributed by atoms with Crippen LogP contribution in [0.1, 0.15) is 105 Å². The Bertz CT molecular complexity index is 6580. The van der Waals surface area contributed by atoms with E-state index in [2.05, 4.69) is 478 Å². The van der Waals surface area contributed by atoms with Crippen LogP contribution >= 0.6 is 0 Å². The largest absolute Gasteiger partial charge is 0.458 e. The van der Waals surface area contributed by atoms with Gasteiger partial charge in [0.25, 0.3) is 13.4 Å². The maximum atomic E-state index is 7.56. The van der Waals surface area contributed by atoms with E-state index >= 15 is 0 Å². The lowest BCUT2D eigenvalue weighted by Crippen LogP contribution is -2.64. The minimum atomic E-state index is -0.311. The Morgan fingerprint density at radius 3 is 0.958 bits per heavy atom. The Hall–Kier alpha value is -13.6. The van der Waals surface area contributed by atoms with Crippen molar-refractivity contribution in [1.29, 1.82) is 0 Å². The molecule has 4 aliphatic heterocycles. The summed E-state index contributed by atoms with van der Waals surface area (Å²) in [7, 11) is 0. The zero-order chi connectivity index (χ0) is 82.1. The van der Waals surface area contributed by atoms with Gasteiger partial charge >= 0.3 is 0 Å². The molecule has 582 valence electrons. The summed E-state index contributed by atoms with van der Waals surface area (Å²) in [5.41, 5.74) is 36.8. The second-order valence-corrected chi connectivity index (χ2v) is 36.9. The van der Waals surface area contributed by atoms with Crippen LogP contribution in [-0.4, -0.2) is 13.4 Å². The lowest BCUT2D eigenvalue weighted by molar-refractivity contribution is 0.487. The number of nitrogens with zero attached hydrogens (tertiary/aromatic N) is 5. The van der Waals surface area contributed by atoms with Crippen LogP contribution in [0, 0.1) is 0 Å². The van der Waals surface area contributed by atoms with Gasteiger partial charge in [0.1, 0.15) is 11.5 Å². The molecule has 0 N–H and O–H groups in total. The maximum Gasteiger partial charge on any atom is 0.256 e. The highest BCUT2D eigenvalue weighted by Gasteiger charge is 2.49. The van der Waals surface area contributed by atoms with Crippen LogP contribution in [-0.2, 0) is 21.7 Å². The standard InChI is InChI=1S/C112H97B2N5O/c1-109(2,3)78-60-52-74(53-61-78)87-40-22-28-46-95(87)116(84-38-20-15-21-39-84)85-68-102-107-103(69-85)118(97-48-30-24-42-89(97)76-56-64-80(65-57-76)111(7,8)9)100-73-101-94(72-93(100)113(107)91-44-26-32-50-99(91)117(102)96-47-29-23-41-88(96)75-54-62-79(63-55-75)110(4,5)6)114-92-45-27-33-51-105(92)120-106-71-86(115(82-34-16-13-17-35-82)83-36-18-14-19-37-83)70-104(108(106)114)119(101)98-49-31-25-43-90(98)77-58-66-81(67-59-77)112(10,11)12/h13-73H,1-12H3. The number of hydrogen-bond acceptors (Lipinski definition) is 6. The molecule has 0 aliphatic carbocycles. The summed E-state index contributed by atoms with van der Waals surface area (Å²) >= 11 is 0. The second kappa shape index (κ2) is 29.2. The Labute approximate surface area is 709 Å². The summed E-state index contributed by atoms with van der Waals surface area (Å²) in [6.07, 6.45) is 0. The number of rotatable bonds is 13. The molecule has 0 fully saturated rings. The van der Waals surface area contributed by atoms with Gasteiger partial charge in [-0.15, -0.1) is 0 Å². The highest BCUT2D eigenvalue weighted by molar-refractivity contribution is 7.02. The van der Waals surface area contributed by atoms with Crippen LogP contribution in [0.3, 0.4) is 0 Å². The van der Waals surface area contributed by atoms with Crippen molar-refractivity contribution in [2.24, 2.45) is 0 Å². The van der Waals surface area contributed by atoms with E-state index in [1.54, 1.807) is 0 Å². The molecule has 0 atom stereocenters. The highest BCUT2D eigenvalue weighted by atomic mass is 16.5. The van der Waals surface area contributed by atoms with Crippen molar-refractivity contribution in [2.75, 3.05) is 24.5 Å². The smallest absolute Gasteiger partial charge is 0.256 e. The molecular weight excluding hydrogens is 1450 g/mol. The van der Waals surface area contributed by atoms with Gasteiger partial charge in [0.2, 0.25) is 0 Å². The molecule has 0 spiro atoms. The van der Waals surface area contributed by atoms with Crippen LogP contribution in [0.5, 0.6) is 11.5 Å². The molecule has 120 heavy (non-hydrogen) atoms. The number of ether oxygens (including phenoxy) is 1. The summed E-state index contributed by atoms with van der Waals surface area (Å²) < 4.78 is 7.56. The first-order valence-electron chi connectivity index (χ1n) is 42.4. The predicted octanol–water partition coefficient (Wildman–Crippen LogP) is 27.0. The molecule has 0 amide bonds. The minimum Gasteiger partial charge on any atom is -0.458 e. The van der Waals surface area contributed by atoms with Gasteiger partial charge in [0.05, 0.1) is 34.1 Å². The van der Waals surface area contributed by atoms with Gasteiger partial charge in [-0.3, -0.25) is 0 Å². The van der Waals surface area contributed by atoms with E-state index in [-0.39, 0.29) is 35.1 Å². The number of fused-ring (bicyclic) bond motifs is 8. The van der Waals surface area contributed by atoms with Gasteiger partial charge < -0.3 is 29.2 Å². The highest BCUT2D eigenvalue weighted by Crippen LogP contribution is 2.55. The third-order valence-corrected chi connectivity index (χ3v) is 25.1. The molecule has 0 saturated heterocycles. The molecule has 0 saturated carbocycles. The zero-order valence-corrected chi connectivity index (χ0v) is 70.5. The second-order valence-electron chi connectivity index (χ2n) is 36.9. The monoisotopic (exact) mass is 1550 g/mol. The number of para-hydroxylation sites is 9. The van der Waals surface area contributed by atoms with Gasteiger partial charge in [-0.05, 0) is 196 Å². The quantitative estimate of drug-likeness (QED) is 0.107. The van der Waals surface area contributed by atoms with E-state index in [9.17, 15) is 0 Å². The Kier molecular flexibility index (Phi) is 18.3. The predicted molar refractivity (Wildman–Crippen MR) is 512 cm³/mol. The first kappa shape index (κ1) is 75.2. The van der Waals surface area contributed by atoms with Gasteiger partial charge in [-0.1, -0.05) is 350 Å². The van der Waals surface area contributed by atoms with Gasteiger partial charge in [0, 0.05) is 79.5 Å². The average Bonchev–Trinajstić information content (AvgIpc) is 0.677. The normalized spacial score (nSPS) is 13.2. The van der Waals surface area contributed by atoms with Crippen molar-refractivity contribution >= 4 is 132 Å². The third-order valence-electron chi connectivity index (χ3n) is 25.1. The van der Waals surface area contributed by atoms with E-state index in [1.807, 2.05) is 0 Å². The molecule has 0 unspecified atom stereocenters. The third kappa shape index (κ3) is 13.1. The van der Waals surface area contributed by atoms with E-state index in [4.69, 9.17) is 4.74 Å². The summed E-state index contributed by atoms with van der Waals surface area (Å²) in [6.45, 7) is 27.0. The van der Waals surface area contributed by atoms with Crippen molar-refractivity contribution in [2.45, 2.75) is 105 Å². The van der Waals surface area contributed by atoms with Crippen molar-refractivity contribution in [1.82, 2.24) is 0 Å². The number of benzene rings is 16. The Morgan fingerprint density at radius 2 is 0.533 bits per heavy atom. The van der Waals surface area contributed by atoms with Gasteiger partial charge in [-0.2, -0.15) is 0 Å². The molecule has 16 aromatic carbocycles. The first-order chi connectivity index (χ1) is 58.1. The molecule has 6 nitrogen and oxygen atoms in total. The molecular formula is C112H97B2N5O. The summed E-state index contributed by atoms with van der Waals surface area (Å²) in [5.74, 6) is 1.65. The van der Waals surface area contributed by atoms with Crippen LogP contribution in [0.4, 0.5) is 85.3 Å². The topological polar surface area (TPSA) is 25.4 Å². The fraction of sp³-hybridized carbons (Fsp3) is 0.143. The van der Waals surface area contributed by atoms with Crippen LogP contribution < -0.4 is 62.0 Å². The van der Waals surface area contributed by atoms with Gasteiger partial charge in [-0.25, -0.2) is 0 Å². The molecule has 16 aromatic rings. The van der Waals surface area contributed by atoms with Gasteiger partial charge in [0.15, 0.2) is 0 Å². The minimum absolute atomic E-state index is 0.0315. The molecule has 20 rings (SSSR count). The molecule has 8 heteroatoms. The Balaban J connectivity index is 0.931. The van der Waals surface area contributed by atoms with Crippen LogP contribution in [0.15, 0.2) is 370 Å². The van der Waals surface area contributed by atoms with Crippen molar-refractivity contribution in [3.05, 3.63) is 392 Å². The van der Waals surface area contributed by atoms with E-state index in [0.29, 0.717) is 0 Å². The SMILES string of the molecule is CC(C)(C)c1ccc(-c2ccccc2N(c2ccccc2)c2cc3c4c(c2)N(c2ccccc2-c2ccc(C(C)(C)C)cc2)c2cc5c(cc2B4c2ccccc2N3c2ccccc2-c2ccc(C(C)(C)C)cc2)B2c3ccccc3Oc3cc(N(c4ccccc4)c4ccccc4)cc(c32)N5c2ccccc2-c2ccc(C(C)(C)C)cc2)cc1. The summed E-state index contributed by atoms with van der Waals surface area (Å²) in [6, 6.07) is 140. The molecule has 4 aliphatic rings. The fourth-order valence-electron chi connectivity index (χ4n) is 19.0. The lowest BCUT2D eigenvalue weighted by atomic mass is 9.30. The van der Waals surface area contributed by atoms with E-state index in [1.165, 1.54) is 44.1 Å². The first-order valence-corrected chi connectivity index (χ1v) is 42.4. The number of hydrogen-bond donors (Lipinski definition) is 0. The fourth-order valence-corrected chi connectivity index (χ4v) is 19.0. The van der Waals surface area contributed by atoms with Crippen molar-refractivity contribution < 1.29 is 4.74 Å². The number of anilines is 15. The summed E-state index contributed by atoms with van der Waals surface area (Å²) in [5, 5.41) is 0. The van der Waals surface area contributed by atoms with E-state index < -0.39 is 0 Å². The van der Waals surface area contributed by atoms with Crippen molar-refractivity contribution in [3.63, 3.8) is 0 Å². The molecule has 0 aromatic heterocycles. The molecule has 0 bridgehead atoms. The zero-order valence-electron chi connectivity index (χ0n) is 70.5. The molecule has 4 heterocycles. The molecule has 0 radical (unpaired) electrons. The Morgan fingerprint density at radius 1 is 0.217 bits per heavy atom. The summed E-state index contributed by atoms with van der Waals surface area (Å²) in [4.78, 5) is 12.8. The maximum absolute atomic E-state index is 7.56. The van der Waals surface area contributed by atoms with Crippen LogP contribution in [0.25, 0.3) is 44.5 Å². The average molecular weight is 1550 g/mol. The van der Waals surface area contributed by atoms with E-state index in [0.717, 1.165) is 152 Å². The van der Waals surface area contributed by atoms with Crippen molar-refractivity contribution in [3.8, 4) is 56.0 Å². The van der Waals surface area contributed by atoms with Crippen LogP contribution in [0.2, 0.25) is 0 Å². The lowest BCUT2D eigenvalue weighted by Gasteiger charge is -2.47.